The minimum absolute atomic E-state index is 0.146. The predicted octanol–water partition coefficient (Wildman–Crippen LogP) is 4.51. The first kappa shape index (κ1) is 11.6. The molecule has 1 aliphatic carbocycles. The second kappa shape index (κ2) is 4.56. The van der Waals surface area contributed by atoms with Crippen molar-refractivity contribution in [2.24, 2.45) is 5.41 Å². The SMILES string of the molecule is CCC1(C(O)c2sccc2Br)CCCC1. The van der Waals surface area contributed by atoms with Crippen molar-refractivity contribution in [3.05, 3.63) is 20.8 Å². The average molecular weight is 289 g/mol. The zero-order valence-corrected chi connectivity index (χ0v) is 11.4. The second-order valence-electron chi connectivity index (χ2n) is 4.46. The zero-order chi connectivity index (χ0) is 10.9. The molecule has 1 saturated carbocycles. The van der Waals surface area contributed by atoms with Crippen molar-refractivity contribution < 1.29 is 5.11 Å². The Bertz CT molecular complexity index is 328. The molecule has 0 aromatic carbocycles. The van der Waals surface area contributed by atoms with Crippen LogP contribution < -0.4 is 0 Å². The summed E-state index contributed by atoms with van der Waals surface area (Å²) in [6.45, 7) is 2.20. The minimum Gasteiger partial charge on any atom is -0.387 e. The van der Waals surface area contributed by atoms with Crippen molar-refractivity contribution in [2.75, 3.05) is 0 Å². The zero-order valence-electron chi connectivity index (χ0n) is 9.00. The van der Waals surface area contributed by atoms with Crippen molar-refractivity contribution in [3.63, 3.8) is 0 Å². The lowest BCUT2D eigenvalue weighted by atomic mass is 9.77. The highest BCUT2D eigenvalue weighted by molar-refractivity contribution is 9.10. The molecule has 0 saturated heterocycles. The minimum atomic E-state index is -0.278. The summed E-state index contributed by atoms with van der Waals surface area (Å²) in [5, 5.41) is 12.6. The summed E-state index contributed by atoms with van der Waals surface area (Å²) in [6, 6.07) is 2.03. The van der Waals surface area contributed by atoms with Gasteiger partial charge in [0.15, 0.2) is 0 Å². The van der Waals surface area contributed by atoms with Gasteiger partial charge in [-0.1, -0.05) is 19.8 Å². The van der Waals surface area contributed by atoms with E-state index in [1.807, 2.05) is 11.4 Å². The first-order valence-corrected chi connectivity index (χ1v) is 7.28. The van der Waals surface area contributed by atoms with Crippen LogP contribution in [0, 0.1) is 5.41 Å². The van der Waals surface area contributed by atoms with E-state index in [-0.39, 0.29) is 11.5 Å². The van der Waals surface area contributed by atoms with Gasteiger partial charge in [-0.3, -0.25) is 0 Å². The monoisotopic (exact) mass is 288 g/mol. The van der Waals surface area contributed by atoms with Gasteiger partial charge in [0.1, 0.15) is 0 Å². The summed E-state index contributed by atoms with van der Waals surface area (Å²) < 4.78 is 1.07. The van der Waals surface area contributed by atoms with Crippen LogP contribution in [0.15, 0.2) is 15.9 Å². The van der Waals surface area contributed by atoms with Gasteiger partial charge in [-0.05, 0) is 46.6 Å². The standard InChI is InChI=1S/C12H17BrOS/c1-2-12(6-3-4-7-12)11(14)10-9(13)5-8-15-10/h5,8,11,14H,2-4,6-7H2,1H3. The van der Waals surface area contributed by atoms with Crippen LogP contribution >= 0.6 is 27.3 Å². The van der Waals surface area contributed by atoms with Gasteiger partial charge in [0, 0.05) is 14.8 Å². The van der Waals surface area contributed by atoms with Crippen molar-refractivity contribution in [1.82, 2.24) is 0 Å². The van der Waals surface area contributed by atoms with Gasteiger partial charge in [0.05, 0.1) is 6.10 Å². The smallest absolute Gasteiger partial charge is 0.0949 e. The highest BCUT2D eigenvalue weighted by Gasteiger charge is 2.40. The third-order valence-corrected chi connectivity index (χ3v) is 5.70. The van der Waals surface area contributed by atoms with Gasteiger partial charge < -0.3 is 5.11 Å². The number of aliphatic hydroxyl groups is 1. The number of aliphatic hydroxyl groups excluding tert-OH is 1. The van der Waals surface area contributed by atoms with E-state index in [0.717, 1.165) is 15.8 Å². The molecular weight excluding hydrogens is 272 g/mol. The number of hydrogen-bond acceptors (Lipinski definition) is 2. The highest BCUT2D eigenvalue weighted by Crippen LogP contribution is 2.52. The second-order valence-corrected chi connectivity index (χ2v) is 6.26. The molecule has 0 spiro atoms. The van der Waals surface area contributed by atoms with E-state index in [2.05, 4.69) is 22.9 Å². The molecule has 1 aromatic rings. The van der Waals surface area contributed by atoms with E-state index < -0.39 is 0 Å². The summed E-state index contributed by atoms with van der Waals surface area (Å²) >= 11 is 5.18. The van der Waals surface area contributed by atoms with E-state index in [9.17, 15) is 5.11 Å². The van der Waals surface area contributed by atoms with Gasteiger partial charge in [-0.2, -0.15) is 0 Å². The van der Waals surface area contributed by atoms with Crippen molar-refractivity contribution in [2.45, 2.75) is 45.1 Å². The van der Waals surface area contributed by atoms with Crippen molar-refractivity contribution >= 4 is 27.3 Å². The fourth-order valence-corrected chi connectivity index (χ4v) is 4.39. The Morgan fingerprint density at radius 3 is 2.67 bits per heavy atom. The van der Waals surface area contributed by atoms with Gasteiger partial charge in [-0.15, -0.1) is 11.3 Å². The summed E-state index contributed by atoms with van der Waals surface area (Å²) in [5.41, 5.74) is 0.146. The molecule has 0 aliphatic heterocycles. The number of hydrogen-bond donors (Lipinski definition) is 1. The highest BCUT2D eigenvalue weighted by atomic mass is 79.9. The van der Waals surface area contributed by atoms with Crippen LogP contribution in [-0.4, -0.2) is 5.11 Å². The molecule has 0 amide bonds. The molecule has 3 heteroatoms. The van der Waals surface area contributed by atoms with Crippen LogP contribution in [0.4, 0.5) is 0 Å². The largest absolute Gasteiger partial charge is 0.387 e. The molecule has 84 valence electrons. The normalized spacial score (nSPS) is 21.8. The van der Waals surface area contributed by atoms with Gasteiger partial charge in [0.2, 0.25) is 0 Å². The summed E-state index contributed by atoms with van der Waals surface area (Å²) in [5.74, 6) is 0. The molecule has 1 heterocycles. The van der Waals surface area contributed by atoms with Crippen LogP contribution in [-0.2, 0) is 0 Å². The summed E-state index contributed by atoms with van der Waals surface area (Å²) in [7, 11) is 0. The lowest BCUT2D eigenvalue weighted by Crippen LogP contribution is -2.24. The Labute approximate surface area is 104 Å². The number of halogens is 1. The lowest BCUT2D eigenvalue weighted by molar-refractivity contribution is 0.0260. The van der Waals surface area contributed by atoms with Crippen LogP contribution in [0.5, 0.6) is 0 Å². The Hall–Kier alpha value is 0.140. The molecule has 1 aliphatic rings. The first-order chi connectivity index (χ1) is 7.19. The third kappa shape index (κ3) is 2.02. The summed E-state index contributed by atoms with van der Waals surface area (Å²) in [6.07, 6.45) is 5.70. The van der Waals surface area contributed by atoms with Gasteiger partial charge in [0.25, 0.3) is 0 Å². The fourth-order valence-electron chi connectivity index (χ4n) is 2.68. The molecule has 1 N–H and O–H groups in total. The lowest BCUT2D eigenvalue weighted by Gasteiger charge is -2.32. The topological polar surface area (TPSA) is 20.2 Å². The average Bonchev–Trinajstić information content (AvgIpc) is 2.86. The van der Waals surface area contributed by atoms with Crippen molar-refractivity contribution in [1.29, 1.82) is 0 Å². The molecule has 2 rings (SSSR count). The predicted molar refractivity (Wildman–Crippen MR) is 68.2 cm³/mol. The molecule has 1 unspecified atom stereocenters. The summed E-state index contributed by atoms with van der Waals surface area (Å²) in [4.78, 5) is 1.11. The van der Waals surface area contributed by atoms with E-state index >= 15 is 0 Å². The Morgan fingerprint density at radius 2 is 2.20 bits per heavy atom. The Kier molecular flexibility index (Phi) is 3.53. The molecule has 1 aromatic heterocycles. The van der Waals surface area contributed by atoms with Crippen LogP contribution in [0.25, 0.3) is 0 Å². The molecular formula is C12H17BrOS. The maximum Gasteiger partial charge on any atom is 0.0949 e. The van der Waals surface area contributed by atoms with E-state index in [1.54, 1.807) is 11.3 Å². The number of thiophene rings is 1. The van der Waals surface area contributed by atoms with E-state index in [4.69, 9.17) is 0 Å². The van der Waals surface area contributed by atoms with Crippen LogP contribution in [0.2, 0.25) is 0 Å². The maximum absolute atomic E-state index is 10.5. The fraction of sp³-hybridized carbons (Fsp3) is 0.667. The molecule has 0 bridgehead atoms. The molecule has 0 radical (unpaired) electrons. The van der Waals surface area contributed by atoms with Gasteiger partial charge >= 0.3 is 0 Å². The Balaban J connectivity index is 2.26. The van der Waals surface area contributed by atoms with Crippen molar-refractivity contribution in [3.8, 4) is 0 Å². The molecule has 1 nitrogen and oxygen atoms in total. The van der Waals surface area contributed by atoms with Crippen LogP contribution in [0.3, 0.4) is 0 Å². The van der Waals surface area contributed by atoms with E-state index in [1.165, 1.54) is 25.7 Å². The quantitative estimate of drug-likeness (QED) is 0.867. The van der Waals surface area contributed by atoms with Gasteiger partial charge in [-0.25, -0.2) is 0 Å². The molecule has 1 fully saturated rings. The first-order valence-electron chi connectivity index (χ1n) is 5.60. The Morgan fingerprint density at radius 1 is 1.53 bits per heavy atom. The van der Waals surface area contributed by atoms with Crippen LogP contribution in [0.1, 0.15) is 50.0 Å². The van der Waals surface area contributed by atoms with E-state index in [0.29, 0.717) is 0 Å². The maximum atomic E-state index is 10.5. The third-order valence-electron chi connectivity index (χ3n) is 3.78. The molecule has 1 atom stereocenters. The molecule has 15 heavy (non-hydrogen) atoms. The number of rotatable bonds is 3.